The topological polar surface area (TPSA) is 43.1 Å². The summed E-state index contributed by atoms with van der Waals surface area (Å²) in [7, 11) is 0. The van der Waals surface area contributed by atoms with Crippen molar-refractivity contribution in [3.8, 4) is 0 Å². The van der Waals surface area contributed by atoms with Crippen LogP contribution in [0.1, 0.15) is 27.6 Å². The Morgan fingerprint density at radius 3 is 2.25 bits per heavy atom. The van der Waals surface area contributed by atoms with Crippen LogP contribution in [0.4, 0.5) is 5.69 Å². The molecule has 3 heteroatoms. The summed E-state index contributed by atoms with van der Waals surface area (Å²) in [5.41, 5.74) is 8.77. The van der Waals surface area contributed by atoms with Crippen LogP contribution in [-0.2, 0) is 0 Å². The first-order chi connectivity index (χ1) is 13.7. The van der Waals surface area contributed by atoms with E-state index < -0.39 is 0 Å². The van der Waals surface area contributed by atoms with E-state index in [1.165, 1.54) is 0 Å². The second-order valence-electron chi connectivity index (χ2n) is 6.74. The van der Waals surface area contributed by atoms with Gasteiger partial charge in [0.05, 0.1) is 0 Å². The molecule has 4 aromatic carbocycles. The summed E-state index contributed by atoms with van der Waals surface area (Å²) in [5.74, 6) is 0.140. The van der Waals surface area contributed by atoms with E-state index >= 15 is 0 Å². The molecule has 0 saturated carbocycles. The van der Waals surface area contributed by atoms with Crippen LogP contribution in [0.5, 0.6) is 0 Å². The van der Waals surface area contributed by atoms with E-state index in [0.29, 0.717) is 6.42 Å². The van der Waals surface area contributed by atoms with Gasteiger partial charge in [-0.25, -0.2) is 0 Å². The van der Waals surface area contributed by atoms with Gasteiger partial charge in [-0.3, -0.25) is 4.79 Å². The van der Waals surface area contributed by atoms with Crippen LogP contribution in [-0.4, -0.2) is 5.78 Å². The lowest BCUT2D eigenvalue weighted by molar-refractivity contribution is 0.0982. The molecule has 4 rings (SSSR count). The van der Waals surface area contributed by atoms with Crippen LogP contribution in [0.15, 0.2) is 102 Å². The average Bonchev–Trinajstić information content (AvgIpc) is 2.75. The van der Waals surface area contributed by atoms with Gasteiger partial charge in [-0.15, -0.1) is 11.8 Å². The van der Waals surface area contributed by atoms with Crippen molar-refractivity contribution in [1.82, 2.24) is 0 Å². The molecule has 2 N–H and O–H groups in total. The summed E-state index contributed by atoms with van der Waals surface area (Å²) in [4.78, 5) is 14.1. The minimum atomic E-state index is 0.00451. The van der Waals surface area contributed by atoms with Gasteiger partial charge in [-0.2, -0.15) is 0 Å². The maximum atomic E-state index is 13.1. The van der Waals surface area contributed by atoms with Gasteiger partial charge in [0.2, 0.25) is 0 Å². The Balaban J connectivity index is 1.62. The van der Waals surface area contributed by atoms with E-state index in [9.17, 15) is 4.79 Å². The number of hydrogen-bond donors (Lipinski definition) is 1. The van der Waals surface area contributed by atoms with Crippen molar-refractivity contribution in [2.75, 3.05) is 5.73 Å². The normalized spacial score (nSPS) is 12.0. The Bertz CT molecular complexity index is 1110. The summed E-state index contributed by atoms with van der Waals surface area (Å²) in [5, 5.41) is 2.24. The highest BCUT2D eigenvalue weighted by Gasteiger charge is 2.19. The summed E-state index contributed by atoms with van der Waals surface area (Å²) >= 11 is 1.65. The monoisotopic (exact) mass is 383 g/mol. The first kappa shape index (κ1) is 18.3. The molecule has 0 spiro atoms. The molecule has 2 nitrogen and oxygen atoms in total. The van der Waals surface area contributed by atoms with Crippen LogP contribution in [0.2, 0.25) is 0 Å². The first-order valence-electron chi connectivity index (χ1n) is 9.29. The molecule has 28 heavy (non-hydrogen) atoms. The molecule has 1 atom stereocenters. The number of nitrogen functional groups attached to an aromatic ring is 1. The van der Waals surface area contributed by atoms with E-state index in [1.807, 2.05) is 78.9 Å². The lowest BCUT2D eigenvalue weighted by Gasteiger charge is -2.18. The summed E-state index contributed by atoms with van der Waals surface area (Å²) < 4.78 is 0. The number of thioether (sulfide) groups is 1. The lowest BCUT2D eigenvalue weighted by atomic mass is 10.00. The fourth-order valence-corrected chi connectivity index (χ4v) is 4.48. The van der Waals surface area contributed by atoms with Gasteiger partial charge < -0.3 is 5.73 Å². The van der Waals surface area contributed by atoms with Crippen molar-refractivity contribution in [3.05, 3.63) is 108 Å². The molecule has 0 aromatic heterocycles. The van der Waals surface area contributed by atoms with Gasteiger partial charge in [-0.05, 0) is 34.5 Å². The van der Waals surface area contributed by atoms with Crippen LogP contribution in [0, 0.1) is 0 Å². The van der Waals surface area contributed by atoms with Crippen LogP contribution in [0.3, 0.4) is 0 Å². The number of Topliss-reactive ketones (excluding diaryl/α,β-unsaturated/α-hetero) is 1. The Kier molecular flexibility index (Phi) is 5.45. The SMILES string of the molecule is Nc1ccccc1S[C@@H](CC(=O)c1ccc2ccccc2c1)c1ccccc1. The van der Waals surface area contributed by atoms with Gasteiger partial charge >= 0.3 is 0 Å². The number of nitrogens with two attached hydrogens (primary N) is 1. The van der Waals surface area contributed by atoms with E-state index in [1.54, 1.807) is 11.8 Å². The summed E-state index contributed by atoms with van der Waals surface area (Å²) in [6, 6.07) is 32.0. The van der Waals surface area contributed by atoms with E-state index in [0.717, 1.165) is 32.5 Å². The molecule has 0 aliphatic carbocycles. The summed E-state index contributed by atoms with van der Waals surface area (Å²) in [6.45, 7) is 0. The van der Waals surface area contributed by atoms with Crippen molar-refractivity contribution >= 4 is 34.0 Å². The predicted octanol–water partition coefficient (Wildman–Crippen LogP) is 6.53. The number of carbonyl (C=O) groups excluding carboxylic acids is 1. The van der Waals surface area contributed by atoms with Crippen molar-refractivity contribution in [2.45, 2.75) is 16.6 Å². The number of fused-ring (bicyclic) bond motifs is 1. The minimum Gasteiger partial charge on any atom is -0.398 e. The smallest absolute Gasteiger partial charge is 0.164 e. The third-order valence-corrected chi connectivity index (χ3v) is 6.15. The van der Waals surface area contributed by atoms with Gasteiger partial charge in [0, 0.05) is 27.8 Å². The van der Waals surface area contributed by atoms with Gasteiger partial charge in [0.15, 0.2) is 5.78 Å². The Morgan fingerprint density at radius 2 is 1.46 bits per heavy atom. The van der Waals surface area contributed by atoms with E-state index in [4.69, 9.17) is 5.73 Å². The number of rotatable bonds is 6. The highest BCUT2D eigenvalue weighted by atomic mass is 32.2. The third-order valence-electron chi connectivity index (χ3n) is 4.80. The van der Waals surface area contributed by atoms with Crippen molar-refractivity contribution in [3.63, 3.8) is 0 Å². The molecule has 4 aromatic rings. The minimum absolute atomic E-state index is 0.00451. The average molecular weight is 384 g/mol. The Hall–Kier alpha value is -3.04. The van der Waals surface area contributed by atoms with Crippen LogP contribution >= 0.6 is 11.8 Å². The lowest BCUT2D eigenvalue weighted by Crippen LogP contribution is -2.06. The molecule has 0 unspecified atom stereocenters. The van der Waals surface area contributed by atoms with Gasteiger partial charge in [0.1, 0.15) is 0 Å². The second-order valence-corrected chi connectivity index (χ2v) is 7.99. The van der Waals surface area contributed by atoms with Crippen LogP contribution in [0.25, 0.3) is 10.8 Å². The maximum absolute atomic E-state index is 13.1. The molecule has 0 radical (unpaired) electrons. The molecular formula is C25H21NOS. The number of benzene rings is 4. The molecule has 0 aliphatic heterocycles. The van der Waals surface area contributed by atoms with E-state index in [2.05, 4.69) is 18.2 Å². The van der Waals surface area contributed by atoms with Crippen molar-refractivity contribution in [1.29, 1.82) is 0 Å². The number of anilines is 1. The van der Waals surface area contributed by atoms with E-state index in [-0.39, 0.29) is 11.0 Å². The quantitative estimate of drug-likeness (QED) is 0.234. The standard InChI is InChI=1S/C25H21NOS/c26-22-12-6-7-13-24(22)28-25(19-9-2-1-3-10-19)17-23(27)21-15-14-18-8-4-5-11-20(18)16-21/h1-16,25H,17,26H2/t25-/m0/s1. The number of para-hydroxylation sites is 1. The number of ketones is 1. The summed E-state index contributed by atoms with van der Waals surface area (Å²) in [6.07, 6.45) is 0.418. The molecule has 0 fully saturated rings. The first-order valence-corrected chi connectivity index (χ1v) is 10.2. The highest BCUT2D eigenvalue weighted by Crippen LogP contribution is 2.40. The maximum Gasteiger partial charge on any atom is 0.164 e. The van der Waals surface area contributed by atoms with Gasteiger partial charge in [-0.1, -0.05) is 78.9 Å². The zero-order valence-corrected chi connectivity index (χ0v) is 16.2. The fourth-order valence-electron chi connectivity index (χ4n) is 3.29. The molecule has 0 saturated heterocycles. The highest BCUT2D eigenvalue weighted by molar-refractivity contribution is 7.99. The molecule has 0 bridgehead atoms. The zero-order valence-electron chi connectivity index (χ0n) is 15.4. The Morgan fingerprint density at radius 1 is 0.786 bits per heavy atom. The van der Waals surface area contributed by atoms with Crippen LogP contribution < -0.4 is 5.73 Å². The second kappa shape index (κ2) is 8.32. The molecule has 0 amide bonds. The third kappa shape index (κ3) is 4.10. The predicted molar refractivity (Wildman–Crippen MR) is 119 cm³/mol. The molecule has 0 aliphatic rings. The molecule has 0 heterocycles. The van der Waals surface area contributed by atoms with Crippen molar-refractivity contribution < 1.29 is 4.79 Å². The van der Waals surface area contributed by atoms with Gasteiger partial charge in [0.25, 0.3) is 0 Å². The largest absolute Gasteiger partial charge is 0.398 e. The number of carbonyl (C=O) groups is 1. The molecular weight excluding hydrogens is 362 g/mol. The Labute approximate surface area is 169 Å². The zero-order chi connectivity index (χ0) is 19.3. The van der Waals surface area contributed by atoms with Crippen molar-refractivity contribution in [2.24, 2.45) is 0 Å². The fraction of sp³-hybridized carbons (Fsp3) is 0.0800. The number of hydrogen-bond acceptors (Lipinski definition) is 3. The molecule has 138 valence electrons.